The van der Waals surface area contributed by atoms with Gasteiger partial charge in [0.15, 0.2) is 0 Å². The molecule has 0 atom stereocenters. The van der Waals surface area contributed by atoms with Gasteiger partial charge in [-0.3, -0.25) is 9.48 Å². The van der Waals surface area contributed by atoms with Crippen molar-refractivity contribution in [2.45, 2.75) is 13.0 Å². The normalized spacial score (nSPS) is 10.3. The number of esters is 1. The molecule has 5 nitrogen and oxygen atoms in total. The molecule has 1 aromatic carbocycles. The highest BCUT2D eigenvalue weighted by atomic mass is 16.5. The first kappa shape index (κ1) is 12.2. The lowest BCUT2D eigenvalue weighted by atomic mass is 10.1. The predicted octanol–water partition coefficient (Wildman–Crippen LogP) is 1.29. The van der Waals surface area contributed by atoms with Crippen LogP contribution in [0.4, 0.5) is 5.69 Å². The number of anilines is 1. The largest absolute Gasteiger partial charge is 0.460 e. The number of para-hydroxylation sites is 1. The highest BCUT2D eigenvalue weighted by Gasteiger charge is 2.08. The molecule has 5 heteroatoms. The Kier molecular flexibility index (Phi) is 3.62. The van der Waals surface area contributed by atoms with Crippen LogP contribution in [-0.2, 0) is 29.6 Å². The number of carbonyl (C=O) groups is 1. The van der Waals surface area contributed by atoms with Crippen molar-refractivity contribution in [1.82, 2.24) is 9.78 Å². The summed E-state index contributed by atoms with van der Waals surface area (Å²) in [5.41, 5.74) is 8.02. The Morgan fingerprint density at radius 1 is 1.44 bits per heavy atom. The molecule has 1 aromatic heterocycles. The van der Waals surface area contributed by atoms with Crippen LogP contribution in [0.5, 0.6) is 0 Å². The topological polar surface area (TPSA) is 70.1 Å². The molecule has 94 valence electrons. The lowest BCUT2D eigenvalue weighted by Gasteiger charge is -2.05. The maximum absolute atomic E-state index is 11.6. The minimum Gasteiger partial charge on any atom is -0.460 e. The third kappa shape index (κ3) is 3.10. The van der Waals surface area contributed by atoms with Gasteiger partial charge in [-0.25, -0.2) is 0 Å². The molecule has 0 unspecified atom stereocenters. The van der Waals surface area contributed by atoms with Crippen LogP contribution in [0.3, 0.4) is 0 Å². The van der Waals surface area contributed by atoms with Gasteiger partial charge in [-0.15, -0.1) is 0 Å². The first-order valence-electron chi connectivity index (χ1n) is 5.61. The zero-order chi connectivity index (χ0) is 13.0. The van der Waals surface area contributed by atoms with Crippen LogP contribution in [0.15, 0.2) is 36.7 Å². The fourth-order valence-electron chi connectivity index (χ4n) is 1.61. The number of nitrogens with zero attached hydrogens (tertiary/aromatic N) is 2. The van der Waals surface area contributed by atoms with E-state index in [1.165, 1.54) is 0 Å². The molecule has 2 aromatic rings. The summed E-state index contributed by atoms with van der Waals surface area (Å²) in [4.78, 5) is 11.6. The maximum atomic E-state index is 11.6. The van der Waals surface area contributed by atoms with E-state index in [-0.39, 0.29) is 19.0 Å². The average molecular weight is 245 g/mol. The number of ether oxygens (including phenoxy) is 1. The molecule has 0 fully saturated rings. The van der Waals surface area contributed by atoms with E-state index in [1.54, 1.807) is 16.9 Å². The van der Waals surface area contributed by atoms with Crippen molar-refractivity contribution in [2.24, 2.45) is 7.05 Å². The smallest absolute Gasteiger partial charge is 0.310 e. The maximum Gasteiger partial charge on any atom is 0.310 e. The highest BCUT2D eigenvalue weighted by molar-refractivity contribution is 5.74. The van der Waals surface area contributed by atoms with Gasteiger partial charge >= 0.3 is 5.97 Å². The summed E-state index contributed by atoms with van der Waals surface area (Å²) < 4.78 is 6.82. The summed E-state index contributed by atoms with van der Waals surface area (Å²) in [6, 6.07) is 7.27. The van der Waals surface area contributed by atoms with Gasteiger partial charge in [0.2, 0.25) is 0 Å². The minimum absolute atomic E-state index is 0.187. The van der Waals surface area contributed by atoms with Crippen LogP contribution in [0, 0.1) is 0 Å². The molecule has 0 saturated heterocycles. The Labute approximate surface area is 105 Å². The van der Waals surface area contributed by atoms with E-state index < -0.39 is 0 Å². The van der Waals surface area contributed by atoms with Gasteiger partial charge < -0.3 is 10.5 Å². The fourth-order valence-corrected chi connectivity index (χ4v) is 1.61. The summed E-state index contributed by atoms with van der Waals surface area (Å²) in [6.07, 6.45) is 3.67. The molecule has 0 aliphatic carbocycles. The van der Waals surface area contributed by atoms with Crippen LogP contribution in [-0.4, -0.2) is 15.7 Å². The van der Waals surface area contributed by atoms with Crippen molar-refractivity contribution in [2.75, 3.05) is 5.73 Å². The van der Waals surface area contributed by atoms with Crippen molar-refractivity contribution < 1.29 is 9.53 Å². The van der Waals surface area contributed by atoms with Crippen molar-refractivity contribution in [3.8, 4) is 0 Å². The Morgan fingerprint density at radius 2 is 2.22 bits per heavy atom. The third-order valence-corrected chi connectivity index (χ3v) is 2.55. The molecular weight excluding hydrogens is 230 g/mol. The van der Waals surface area contributed by atoms with E-state index >= 15 is 0 Å². The quantitative estimate of drug-likeness (QED) is 0.651. The van der Waals surface area contributed by atoms with Gasteiger partial charge in [0, 0.05) is 24.5 Å². The molecule has 1 heterocycles. The Hall–Kier alpha value is -2.30. The number of hydrogen-bond acceptors (Lipinski definition) is 4. The van der Waals surface area contributed by atoms with Gasteiger partial charge in [-0.2, -0.15) is 5.10 Å². The molecule has 0 bridgehead atoms. The van der Waals surface area contributed by atoms with Crippen molar-refractivity contribution in [1.29, 1.82) is 0 Å². The predicted molar refractivity (Wildman–Crippen MR) is 67.6 cm³/mol. The molecule has 0 spiro atoms. The van der Waals surface area contributed by atoms with Gasteiger partial charge in [-0.1, -0.05) is 18.2 Å². The van der Waals surface area contributed by atoms with Crippen LogP contribution in [0.1, 0.15) is 11.1 Å². The first-order chi connectivity index (χ1) is 8.65. The molecule has 0 aliphatic rings. The molecular formula is C13H15N3O2. The van der Waals surface area contributed by atoms with Crippen LogP contribution in [0.2, 0.25) is 0 Å². The number of aryl methyl sites for hydroxylation is 1. The summed E-state index contributed by atoms with van der Waals surface area (Å²) >= 11 is 0. The number of nitrogen functional groups attached to an aromatic ring is 1. The number of nitrogens with two attached hydrogens (primary N) is 1. The van der Waals surface area contributed by atoms with E-state index in [9.17, 15) is 4.79 Å². The van der Waals surface area contributed by atoms with E-state index in [1.807, 2.05) is 31.4 Å². The minimum atomic E-state index is -0.295. The van der Waals surface area contributed by atoms with Crippen LogP contribution in [0.25, 0.3) is 0 Å². The Morgan fingerprint density at radius 3 is 2.89 bits per heavy atom. The second kappa shape index (κ2) is 5.35. The molecule has 0 aliphatic heterocycles. The molecule has 0 radical (unpaired) electrons. The third-order valence-electron chi connectivity index (χ3n) is 2.55. The number of rotatable bonds is 4. The Bertz CT molecular complexity index is 549. The van der Waals surface area contributed by atoms with Crippen molar-refractivity contribution in [3.05, 3.63) is 47.8 Å². The number of aromatic nitrogens is 2. The van der Waals surface area contributed by atoms with Gasteiger partial charge in [0.25, 0.3) is 0 Å². The number of hydrogen-bond donors (Lipinski definition) is 1. The summed E-state index contributed by atoms with van der Waals surface area (Å²) in [5, 5.41) is 4.00. The average Bonchev–Trinajstić information content (AvgIpc) is 2.76. The van der Waals surface area contributed by atoms with E-state index in [0.717, 1.165) is 11.1 Å². The van der Waals surface area contributed by atoms with Crippen LogP contribution >= 0.6 is 0 Å². The lowest BCUT2D eigenvalue weighted by Crippen LogP contribution is -2.09. The lowest BCUT2D eigenvalue weighted by molar-refractivity contribution is -0.144. The highest BCUT2D eigenvalue weighted by Crippen LogP contribution is 2.12. The molecule has 0 saturated carbocycles. The SMILES string of the molecule is Cn1cc(COC(=O)Cc2ccccc2N)cn1. The van der Waals surface area contributed by atoms with E-state index in [4.69, 9.17) is 10.5 Å². The van der Waals surface area contributed by atoms with Gasteiger partial charge in [0.05, 0.1) is 12.6 Å². The summed E-state index contributed by atoms with van der Waals surface area (Å²) in [6.45, 7) is 0.236. The summed E-state index contributed by atoms with van der Waals surface area (Å²) in [7, 11) is 1.82. The Balaban J connectivity index is 1.88. The van der Waals surface area contributed by atoms with E-state index in [2.05, 4.69) is 5.10 Å². The zero-order valence-corrected chi connectivity index (χ0v) is 10.2. The number of carbonyl (C=O) groups excluding carboxylic acids is 1. The fraction of sp³-hybridized carbons (Fsp3) is 0.231. The standard InChI is InChI=1S/C13H15N3O2/c1-16-8-10(7-15-16)9-18-13(17)6-11-4-2-3-5-12(11)14/h2-5,7-8H,6,9,14H2,1H3. The van der Waals surface area contributed by atoms with Gasteiger partial charge in [-0.05, 0) is 11.6 Å². The van der Waals surface area contributed by atoms with Gasteiger partial charge in [0.1, 0.15) is 6.61 Å². The number of benzene rings is 1. The van der Waals surface area contributed by atoms with Crippen LogP contribution < -0.4 is 5.73 Å². The second-order valence-electron chi connectivity index (χ2n) is 4.06. The van der Waals surface area contributed by atoms with E-state index in [0.29, 0.717) is 5.69 Å². The first-order valence-corrected chi connectivity index (χ1v) is 5.61. The molecule has 2 N–H and O–H groups in total. The zero-order valence-electron chi connectivity index (χ0n) is 10.2. The molecule has 0 amide bonds. The molecule has 2 rings (SSSR count). The molecule has 18 heavy (non-hydrogen) atoms. The van der Waals surface area contributed by atoms with Crippen molar-refractivity contribution in [3.63, 3.8) is 0 Å². The summed E-state index contributed by atoms with van der Waals surface area (Å²) in [5.74, 6) is -0.295. The second-order valence-corrected chi connectivity index (χ2v) is 4.06. The van der Waals surface area contributed by atoms with Crippen molar-refractivity contribution >= 4 is 11.7 Å². The monoisotopic (exact) mass is 245 g/mol.